The Labute approximate surface area is 127 Å². The molecule has 116 valence electrons. The zero-order valence-electron chi connectivity index (χ0n) is 12.0. The maximum atomic E-state index is 12.3. The van der Waals surface area contributed by atoms with Crippen LogP contribution in [0.3, 0.4) is 0 Å². The number of rotatable bonds is 5. The van der Waals surface area contributed by atoms with Crippen LogP contribution < -0.4 is 0 Å². The summed E-state index contributed by atoms with van der Waals surface area (Å²) < 4.78 is 26.5. The van der Waals surface area contributed by atoms with E-state index in [1.165, 1.54) is 0 Å². The zero-order valence-corrected chi connectivity index (χ0v) is 12.0. The smallest absolute Gasteiger partial charge is 0.253 e. The van der Waals surface area contributed by atoms with Gasteiger partial charge in [-0.05, 0) is 23.6 Å². The first-order chi connectivity index (χ1) is 10.6. The number of carbonyl (C=O) groups is 1. The van der Waals surface area contributed by atoms with Gasteiger partial charge in [0, 0.05) is 44.0 Å². The second-order valence-electron chi connectivity index (χ2n) is 5.64. The van der Waals surface area contributed by atoms with Crippen molar-refractivity contribution in [3.05, 3.63) is 54.1 Å². The molecule has 0 unspecified atom stereocenters. The van der Waals surface area contributed by atoms with Gasteiger partial charge < -0.3 is 9.47 Å². The minimum atomic E-state index is -2.29. The first-order valence-electron chi connectivity index (χ1n) is 7.24. The fraction of sp³-hybridized carbons (Fsp3) is 0.375. The third kappa shape index (κ3) is 3.32. The minimum absolute atomic E-state index is 0.0712. The lowest BCUT2D eigenvalue weighted by molar-refractivity contribution is 0.0280. The van der Waals surface area contributed by atoms with Crippen molar-refractivity contribution in [2.24, 2.45) is 5.92 Å². The molecule has 1 saturated heterocycles. The van der Waals surface area contributed by atoms with E-state index in [9.17, 15) is 13.6 Å². The highest BCUT2D eigenvalue weighted by Gasteiger charge is 2.32. The number of aromatic nitrogens is 2. The molecule has 0 atom stereocenters. The molecule has 4 nitrogen and oxygen atoms in total. The molecule has 1 aromatic carbocycles. The van der Waals surface area contributed by atoms with Gasteiger partial charge in [0.2, 0.25) is 6.43 Å². The molecule has 1 aliphatic rings. The van der Waals surface area contributed by atoms with E-state index in [1.54, 1.807) is 23.5 Å². The van der Waals surface area contributed by atoms with Crippen LogP contribution in [0.15, 0.2) is 43.0 Å². The predicted molar refractivity (Wildman–Crippen MR) is 77.8 cm³/mol. The van der Waals surface area contributed by atoms with Crippen LogP contribution in [0.4, 0.5) is 8.78 Å². The van der Waals surface area contributed by atoms with Crippen LogP contribution in [-0.4, -0.2) is 39.9 Å². The quantitative estimate of drug-likeness (QED) is 0.852. The third-order valence-electron chi connectivity index (χ3n) is 3.85. The highest BCUT2D eigenvalue weighted by atomic mass is 19.3. The molecule has 0 saturated carbocycles. The van der Waals surface area contributed by atoms with Gasteiger partial charge in [-0.3, -0.25) is 4.79 Å². The van der Waals surface area contributed by atoms with Crippen molar-refractivity contribution in [2.75, 3.05) is 13.1 Å². The molecule has 3 rings (SSSR count). The first kappa shape index (κ1) is 14.7. The average Bonchev–Trinajstić information content (AvgIpc) is 2.94. The Bertz CT molecular complexity index is 637. The topological polar surface area (TPSA) is 38.1 Å². The number of hydrogen-bond donors (Lipinski definition) is 0. The summed E-state index contributed by atoms with van der Waals surface area (Å²) in [6.07, 6.45) is 2.88. The van der Waals surface area contributed by atoms with E-state index in [0.29, 0.717) is 25.2 Å². The molecule has 1 amide bonds. The highest BCUT2D eigenvalue weighted by Crippen LogP contribution is 2.24. The third-order valence-corrected chi connectivity index (χ3v) is 3.85. The molecular weight excluding hydrogens is 288 g/mol. The lowest BCUT2D eigenvalue weighted by Crippen LogP contribution is -2.50. The van der Waals surface area contributed by atoms with Crippen LogP contribution in [-0.2, 0) is 6.54 Å². The summed E-state index contributed by atoms with van der Waals surface area (Å²) in [7, 11) is 0. The molecule has 0 radical (unpaired) electrons. The zero-order chi connectivity index (χ0) is 15.5. The van der Waals surface area contributed by atoms with E-state index < -0.39 is 6.43 Å². The van der Waals surface area contributed by atoms with Crippen LogP contribution in [0, 0.1) is 5.92 Å². The Hall–Kier alpha value is -2.24. The summed E-state index contributed by atoms with van der Waals surface area (Å²) in [4.78, 5) is 17.9. The molecule has 0 spiro atoms. The van der Waals surface area contributed by atoms with Crippen molar-refractivity contribution < 1.29 is 13.6 Å². The number of likely N-dealkylation sites (tertiary alicyclic amines) is 1. The largest absolute Gasteiger partial charge is 0.338 e. The highest BCUT2D eigenvalue weighted by molar-refractivity contribution is 5.94. The van der Waals surface area contributed by atoms with Crippen LogP contribution in [0.25, 0.3) is 0 Å². The monoisotopic (exact) mass is 305 g/mol. The Morgan fingerprint density at radius 1 is 1.36 bits per heavy atom. The Kier molecular flexibility index (Phi) is 4.18. The standard InChI is InChI=1S/C16H17F2N3O/c17-15(18)7-13-9-21(10-13)16(22)14-3-1-2-12(6-14)8-20-5-4-19-11-20/h1-6,11,13,15H,7-10H2. The van der Waals surface area contributed by atoms with Gasteiger partial charge in [0.1, 0.15) is 0 Å². The van der Waals surface area contributed by atoms with Crippen LogP contribution in [0.5, 0.6) is 0 Å². The molecule has 1 aliphatic heterocycles. The maximum absolute atomic E-state index is 12.3. The molecule has 1 fully saturated rings. The summed E-state index contributed by atoms with van der Waals surface area (Å²) in [6.45, 7) is 1.50. The van der Waals surface area contributed by atoms with Crippen molar-refractivity contribution >= 4 is 5.91 Å². The lowest BCUT2D eigenvalue weighted by Gasteiger charge is -2.39. The normalized spacial score (nSPS) is 15.1. The van der Waals surface area contributed by atoms with E-state index in [0.717, 1.165) is 5.56 Å². The van der Waals surface area contributed by atoms with Crippen LogP contribution in [0.1, 0.15) is 22.3 Å². The summed E-state index contributed by atoms with van der Waals surface area (Å²) in [5.41, 5.74) is 1.61. The molecule has 2 heterocycles. The molecule has 22 heavy (non-hydrogen) atoms. The molecule has 0 bridgehead atoms. The van der Waals surface area contributed by atoms with Gasteiger partial charge in [-0.15, -0.1) is 0 Å². The minimum Gasteiger partial charge on any atom is -0.338 e. The maximum Gasteiger partial charge on any atom is 0.253 e. The summed E-state index contributed by atoms with van der Waals surface area (Å²) in [5, 5.41) is 0. The van der Waals surface area contributed by atoms with E-state index in [4.69, 9.17) is 0 Å². The van der Waals surface area contributed by atoms with Gasteiger partial charge in [0.15, 0.2) is 0 Å². The lowest BCUT2D eigenvalue weighted by atomic mass is 9.95. The van der Waals surface area contributed by atoms with Crippen molar-refractivity contribution in [2.45, 2.75) is 19.4 Å². The first-order valence-corrected chi connectivity index (χ1v) is 7.24. The van der Waals surface area contributed by atoms with Crippen molar-refractivity contribution in [1.29, 1.82) is 0 Å². The average molecular weight is 305 g/mol. The van der Waals surface area contributed by atoms with Crippen molar-refractivity contribution in [1.82, 2.24) is 14.5 Å². The predicted octanol–water partition coefficient (Wildman–Crippen LogP) is 2.66. The van der Waals surface area contributed by atoms with Gasteiger partial charge in [0.05, 0.1) is 6.33 Å². The van der Waals surface area contributed by atoms with E-state index in [2.05, 4.69) is 4.98 Å². The summed E-state index contributed by atoms with van der Waals surface area (Å²) in [5.74, 6) is -0.156. The van der Waals surface area contributed by atoms with Gasteiger partial charge >= 0.3 is 0 Å². The molecular formula is C16H17F2N3O. The molecule has 0 aliphatic carbocycles. The summed E-state index contributed by atoms with van der Waals surface area (Å²) in [6, 6.07) is 7.41. The van der Waals surface area contributed by atoms with E-state index in [-0.39, 0.29) is 18.2 Å². The second-order valence-corrected chi connectivity index (χ2v) is 5.64. The molecule has 2 aromatic rings. The number of imidazole rings is 1. The Balaban J connectivity index is 1.62. The van der Waals surface area contributed by atoms with Gasteiger partial charge in [-0.2, -0.15) is 0 Å². The molecule has 6 heteroatoms. The van der Waals surface area contributed by atoms with E-state index >= 15 is 0 Å². The van der Waals surface area contributed by atoms with Crippen LogP contribution in [0.2, 0.25) is 0 Å². The number of hydrogen-bond acceptors (Lipinski definition) is 2. The number of amides is 1. The van der Waals surface area contributed by atoms with Crippen molar-refractivity contribution in [3.63, 3.8) is 0 Å². The number of carbonyl (C=O) groups excluding carboxylic acids is 1. The SMILES string of the molecule is O=C(c1cccc(Cn2ccnc2)c1)N1CC(CC(F)F)C1. The number of halogens is 2. The molecule has 1 aromatic heterocycles. The number of benzene rings is 1. The molecule has 0 N–H and O–H groups in total. The summed E-state index contributed by atoms with van der Waals surface area (Å²) >= 11 is 0. The Morgan fingerprint density at radius 3 is 2.86 bits per heavy atom. The van der Waals surface area contributed by atoms with Crippen LogP contribution >= 0.6 is 0 Å². The number of nitrogens with zero attached hydrogens (tertiary/aromatic N) is 3. The fourth-order valence-corrected chi connectivity index (χ4v) is 2.71. The van der Waals surface area contributed by atoms with Gasteiger partial charge in [-0.1, -0.05) is 12.1 Å². The van der Waals surface area contributed by atoms with E-state index in [1.807, 2.05) is 29.0 Å². The number of alkyl halides is 2. The van der Waals surface area contributed by atoms with Gasteiger partial charge in [0.25, 0.3) is 5.91 Å². The second kappa shape index (κ2) is 6.25. The van der Waals surface area contributed by atoms with Gasteiger partial charge in [-0.25, -0.2) is 13.8 Å². The Morgan fingerprint density at radius 2 is 2.18 bits per heavy atom. The van der Waals surface area contributed by atoms with Crippen molar-refractivity contribution in [3.8, 4) is 0 Å². The fourth-order valence-electron chi connectivity index (χ4n) is 2.71.